The van der Waals surface area contributed by atoms with Crippen molar-refractivity contribution in [3.8, 4) is 28.4 Å². The highest BCUT2D eigenvalue weighted by Crippen LogP contribution is 2.35. The van der Waals surface area contributed by atoms with E-state index in [4.69, 9.17) is 13.9 Å². The van der Waals surface area contributed by atoms with E-state index in [1.807, 2.05) is 0 Å². The van der Waals surface area contributed by atoms with Gasteiger partial charge in [0.2, 0.25) is 0 Å². The Morgan fingerprint density at radius 1 is 1.10 bits per heavy atom. The maximum atomic E-state index is 13.0. The monoisotopic (exact) mass is 409 g/mol. The van der Waals surface area contributed by atoms with Crippen LogP contribution in [0.4, 0.5) is 0 Å². The van der Waals surface area contributed by atoms with Crippen LogP contribution in [0.3, 0.4) is 0 Å². The van der Waals surface area contributed by atoms with Gasteiger partial charge in [0.1, 0.15) is 22.8 Å². The number of hydrogen-bond donors (Lipinski definition) is 1. The molecule has 0 saturated carbocycles. The van der Waals surface area contributed by atoms with Crippen LogP contribution in [-0.4, -0.2) is 36.8 Å². The van der Waals surface area contributed by atoms with Crippen LogP contribution in [0.2, 0.25) is 0 Å². The zero-order valence-corrected chi connectivity index (χ0v) is 17.6. The molecule has 6 heteroatoms. The van der Waals surface area contributed by atoms with E-state index in [1.54, 1.807) is 50.6 Å². The molecular weight excluding hydrogens is 382 g/mol. The Hall–Kier alpha value is -2.99. The molecule has 1 aliphatic rings. The van der Waals surface area contributed by atoms with Gasteiger partial charge in [0, 0.05) is 23.5 Å². The maximum Gasteiger partial charge on any atom is 0.344 e. The molecular formula is C24H27NO5. The van der Waals surface area contributed by atoms with Gasteiger partial charge in [-0.3, -0.25) is 4.90 Å². The maximum absolute atomic E-state index is 13.0. The van der Waals surface area contributed by atoms with Gasteiger partial charge in [0.15, 0.2) is 0 Å². The van der Waals surface area contributed by atoms with Crippen LogP contribution in [0.15, 0.2) is 45.6 Å². The minimum absolute atomic E-state index is 0.148. The number of ether oxygens (including phenoxy) is 2. The van der Waals surface area contributed by atoms with Crippen molar-refractivity contribution >= 4 is 11.0 Å². The molecule has 1 fully saturated rings. The third-order valence-corrected chi connectivity index (χ3v) is 5.98. The van der Waals surface area contributed by atoms with Crippen molar-refractivity contribution in [2.75, 3.05) is 20.8 Å². The van der Waals surface area contributed by atoms with Gasteiger partial charge in [-0.15, -0.1) is 0 Å². The lowest BCUT2D eigenvalue weighted by Crippen LogP contribution is -2.36. The SMILES string of the molecule is COc1ccc(OC)c(-c2cc3ccc(O)c(CN4CCCCC4C)c3oc2=O)c1. The Bertz CT molecular complexity index is 1120. The van der Waals surface area contributed by atoms with Crippen molar-refractivity contribution in [1.29, 1.82) is 0 Å². The first-order valence-corrected chi connectivity index (χ1v) is 10.3. The summed E-state index contributed by atoms with van der Waals surface area (Å²) in [6.45, 7) is 3.72. The number of hydrogen-bond acceptors (Lipinski definition) is 6. The van der Waals surface area contributed by atoms with Crippen LogP contribution in [0.1, 0.15) is 31.7 Å². The number of likely N-dealkylation sites (tertiary alicyclic amines) is 1. The molecule has 0 amide bonds. The molecule has 6 nitrogen and oxygen atoms in total. The van der Waals surface area contributed by atoms with Crippen molar-refractivity contribution in [2.24, 2.45) is 0 Å². The van der Waals surface area contributed by atoms with Crippen LogP contribution in [-0.2, 0) is 6.54 Å². The summed E-state index contributed by atoms with van der Waals surface area (Å²) in [6, 6.07) is 11.0. The summed E-state index contributed by atoms with van der Waals surface area (Å²) >= 11 is 0. The second-order valence-electron chi connectivity index (χ2n) is 7.81. The number of piperidine rings is 1. The molecule has 1 N–H and O–H groups in total. The lowest BCUT2D eigenvalue weighted by atomic mass is 10.0. The summed E-state index contributed by atoms with van der Waals surface area (Å²) in [5.41, 5.74) is 1.60. The third-order valence-electron chi connectivity index (χ3n) is 5.98. The van der Waals surface area contributed by atoms with Crippen molar-refractivity contribution in [2.45, 2.75) is 38.8 Å². The van der Waals surface area contributed by atoms with Crippen LogP contribution in [0.5, 0.6) is 17.2 Å². The highest BCUT2D eigenvalue weighted by molar-refractivity contribution is 5.87. The number of phenolic OH excluding ortho intramolecular Hbond substituents is 1. The number of fused-ring (bicyclic) bond motifs is 1. The second-order valence-corrected chi connectivity index (χ2v) is 7.81. The van der Waals surface area contributed by atoms with Crippen LogP contribution >= 0.6 is 0 Å². The largest absolute Gasteiger partial charge is 0.507 e. The Morgan fingerprint density at radius 2 is 1.93 bits per heavy atom. The van der Waals surface area contributed by atoms with Crippen molar-refractivity contribution in [3.05, 3.63) is 52.4 Å². The first-order chi connectivity index (χ1) is 14.5. The quantitative estimate of drug-likeness (QED) is 0.623. The zero-order valence-electron chi connectivity index (χ0n) is 17.6. The van der Waals surface area contributed by atoms with E-state index >= 15 is 0 Å². The summed E-state index contributed by atoms with van der Waals surface area (Å²) in [7, 11) is 3.13. The molecule has 1 aromatic heterocycles. The van der Waals surface area contributed by atoms with Gasteiger partial charge in [-0.25, -0.2) is 4.79 Å². The minimum Gasteiger partial charge on any atom is -0.507 e. The number of benzene rings is 2. The number of aromatic hydroxyl groups is 1. The van der Waals surface area contributed by atoms with Crippen molar-refractivity contribution < 1.29 is 19.0 Å². The average Bonchev–Trinajstić information content (AvgIpc) is 2.76. The third kappa shape index (κ3) is 3.75. The Kier molecular flexibility index (Phi) is 5.68. The summed E-state index contributed by atoms with van der Waals surface area (Å²) in [5.74, 6) is 1.33. The van der Waals surface area contributed by atoms with Gasteiger partial charge in [-0.2, -0.15) is 0 Å². The van der Waals surface area contributed by atoms with Crippen molar-refractivity contribution in [1.82, 2.24) is 4.90 Å². The van der Waals surface area contributed by atoms with Gasteiger partial charge in [0.25, 0.3) is 0 Å². The van der Waals surface area contributed by atoms with Gasteiger partial charge in [-0.05, 0) is 62.7 Å². The van der Waals surface area contributed by atoms with Gasteiger partial charge in [0.05, 0.1) is 25.3 Å². The second kappa shape index (κ2) is 8.40. The molecule has 0 aliphatic carbocycles. The van der Waals surface area contributed by atoms with E-state index in [0.29, 0.717) is 46.4 Å². The first kappa shape index (κ1) is 20.3. The van der Waals surface area contributed by atoms with Crippen molar-refractivity contribution in [3.63, 3.8) is 0 Å². The van der Waals surface area contributed by atoms with E-state index in [1.165, 1.54) is 6.42 Å². The zero-order chi connectivity index (χ0) is 21.3. The molecule has 3 aromatic rings. The molecule has 0 spiro atoms. The Balaban J connectivity index is 1.83. The molecule has 2 aromatic carbocycles. The summed E-state index contributed by atoms with van der Waals surface area (Å²) in [6.07, 6.45) is 3.49. The highest BCUT2D eigenvalue weighted by atomic mass is 16.5. The summed E-state index contributed by atoms with van der Waals surface area (Å²) in [5, 5.41) is 11.3. The average molecular weight is 409 g/mol. The highest BCUT2D eigenvalue weighted by Gasteiger charge is 2.22. The van der Waals surface area contributed by atoms with E-state index in [2.05, 4.69) is 11.8 Å². The number of phenols is 1. The predicted molar refractivity (Wildman–Crippen MR) is 116 cm³/mol. The van der Waals surface area contributed by atoms with Gasteiger partial charge < -0.3 is 19.0 Å². The lowest BCUT2D eigenvalue weighted by molar-refractivity contribution is 0.151. The van der Waals surface area contributed by atoms with Gasteiger partial charge in [-0.1, -0.05) is 6.42 Å². The van der Waals surface area contributed by atoms with E-state index in [9.17, 15) is 9.90 Å². The van der Waals surface area contributed by atoms with E-state index in [0.717, 1.165) is 24.8 Å². The molecule has 4 rings (SSSR count). The predicted octanol–water partition coefficient (Wildman–Crippen LogP) is 4.56. The smallest absolute Gasteiger partial charge is 0.344 e. The van der Waals surface area contributed by atoms with E-state index in [-0.39, 0.29) is 5.75 Å². The van der Waals surface area contributed by atoms with E-state index < -0.39 is 5.63 Å². The molecule has 1 saturated heterocycles. The molecule has 30 heavy (non-hydrogen) atoms. The normalized spacial score (nSPS) is 17.2. The fourth-order valence-electron chi connectivity index (χ4n) is 4.19. The van der Waals surface area contributed by atoms with Crippen LogP contribution < -0.4 is 15.1 Å². The number of rotatable bonds is 5. The number of nitrogens with zero attached hydrogens (tertiary/aromatic N) is 1. The van der Waals surface area contributed by atoms with Gasteiger partial charge >= 0.3 is 5.63 Å². The molecule has 2 heterocycles. The summed E-state index contributed by atoms with van der Waals surface area (Å²) in [4.78, 5) is 15.3. The molecule has 158 valence electrons. The molecule has 0 radical (unpaired) electrons. The molecule has 1 aliphatic heterocycles. The summed E-state index contributed by atoms with van der Waals surface area (Å²) < 4.78 is 16.5. The first-order valence-electron chi connectivity index (χ1n) is 10.3. The molecule has 1 unspecified atom stereocenters. The molecule has 1 atom stereocenters. The fraction of sp³-hybridized carbons (Fsp3) is 0.375. The molecule has 0 bridgehead atoms. The topological polar surface area (TPSA) is 72.1 Å². The Labute approximate surface area is 175 Å². The Morgan fingerprint density at radius 3 is 2.67 bits per heavy atom. The minimum atomic E-state index is -0.479. The van der Waals surface area contributed by atoms with Crippen LogP contribution in [0.25, 0.3) is 22.1 Å². The lowest BCUT2D eigenvalue weighted by Gasteiger charge is -2.33. The van der Waals surface area contributed by atoms with Crippen LogP contribution in [0, 0.1) is 0 Å². The fourth-order valence-corrected chi connectivity index (χ4v) is 4.19. The number of methoxy groups -OCH3 is 2. The standard InChI is InChI=1S/C24H27NO5/c1-15-6-4-5-11-25(15)14-20-21(26)9-7-16-12-19(24(27)30-23(16)20)18-13-17(28-2)8-10-22(18)29-3/h7-10,12-13,15,26H,4-6,11,14H2,1-3H3.